The van der Waals surface area contributed by atoms with Crippen molar-refractivity contribution in [3.05, 3.63) is 52.9 Å². The molecule has 0 unspecified atom stereocenters. The van der Waals surface area contributed by atoms with Crippen molar-refractivity contribution in [2.45, 2.75) is 53.0 Å². The fourth-order valence-electron chi connectivity index (χ4n) is 2.76. The Balaban J connectivity index is 1.89. The fraction of sp³-hybridized carbons (Fsp3) is 0.500. The minimum atomic E-state index is 0.601. The third-order valence-corrected chi connectivity index (χ3v) is 4.12. The molecule has 136 valence electrons. The zero-order valence-electron chi connectivity index (χ0n) is 15.6. The first-order valence-corrected chi connectivity index (χ1v) is 9.30. The van der Waals surface area contributed by atoms with E-state index in [0.29, 0.717) is 6.54 Å². The van der Waals surface area contributed by atoms with Crippen molar-refractivity contribution in [3.8, 4) is 0 Å². The van der Waals surface area contributed by atoms with E-state index in [1.54, 1.807) is 0 Å². The van der Waals surface area contributed by atoms with Gasteiger partial charge in [-0.15, -0.1) is 0 Å². The number of hydrogen-bond acceptors (Lipinski definition) is 3. The van der Waals surface area contributed by atoms with E-state index in [1.807, 2.05) is 0 Å². The molecule has 0 spiro atoms. The Morgan fingerprint density at radius 1 is 1.08 bits per heavy atom. The Morgan fingerprint density at radius 2 is 1.88 bits per heavy atom. The lowest BCUT2D eigenvalue weighted by atomic mass is 10.1. The minimum absolute atomic E-state index is 0.601. The number of aryl methyl sites for hydroxylation is 3. The first kappa shape index (κ1) is 19.0. The smallest absolute Gasteiger partial charge is 0.191 e. The normalized spacial score (nSPS) is 11.6. The predicted octanol–water partition coefficient (Wildman–Crippen LogP) is 3.49. The molecule has 0 saturated heterocycles. The first-order valence-electron chi connectivity index (χ1n) is 9.30. The van der Waals surface area contributed by atoms with Crippen LogP contribution in [0.25, 0.3) is 0 Å². The van der Waals surface area contributed by atoms with E-state index in [4.69, 9.17) is 9.52 Å². The van der Waals surface area contributed by atoms with Crippen LogP contribution in [0.3, 0.4) is 0 Å². The van der Waals surface area contributed by atoms with Gasteiger partial charge in [-0.05, 0) is 31.7 Å². The summed E-state index contributed by atoms with van der Waals surface area (Å²) in [6, 6.07) is 10.6. The zero-order valence-corrected chi connectivity index (χ0v) is 15.6. The van der Waals surface area contributed by atoms with E-state index in [1.165, 1.54) is 5.56 Å². The number of guanidine groups is 1. The van der Waals surface area contributed by atoms with Crippen LogP contribution in [0.5, 0.6) is 0 Å². The second-order valence-corrected chi connectivity index (χ2v) is 5.95. The highest BCUT2D eigenvalue weighted by Gasteiger charge is 2.12. The van der Waals surface area contributed by atoms with Crippen molar-refractivity contribution in [2.75, 3.05) is 13.1 Å². The van der Waals surface area contributed by atoms with Crippen LogP contribution in [0.15, 0.2) is 39.8 Å². The van der Waals surface area contributed by atoms with E-state index in [-0.39, 0.29) is 0 Å². The molecule has 0 saturated carbocycles. The lowest BCUT2D eigenvalue weighted by Crippen LogP contribution is -2.37. The highest BCUT2D eigenvalue weighted by molar-refractivity contribution is 5.79. The van der Waals surface area contributed by atoms with Gasteiger partial charge >= 0.3 is 0 Å². The summed E-state index contributed by atoms with van der Waals surface area (Å²) in [6.45, 7) is 8.60. The van der Waals surface area contributed by atoms with Crippen LogP contribution < -0.4 is 10.6 Å². The number of aliphatic imine (C=N–C) groups is 1. The topological polar surface area (TPSA) is 62.5 Å². The van der Waals surface area contributed by atoms with Gasteiger partial charge in [0, 0.05) is 25.1 Å². The molecule has 0 aliphatic rings. The second kappa shape index (κ2) is 10.5. The van der Waals surface area contributed by atoms with E-state index >= 15 is 0 Å². The Labute approximate surface area is 150 Å². The molecule has 2 rings (SSSR count). The number of benzene rings is 1. The van der Waals surface area contributed by atoms with Crippen LogP contribution in [0.1, 0.15) is 49.8 Å². The monoisotopic (exact) mass is 342 g/mol. The van der Waals surface area contributed by atoms with Crippen LogP contribution in [-0.2, 0) is 25.8 Å². The molecular weight excluding hydrogens is 312 g/mol. The maximum atomic E-state index is 5.42. The molecule has 1 aromatic carbocycles. The number of rotatable bonds is 9. The molecule has 0 atom stereocenters. The molecule has 2 N–H and O–H groups in total. The lowest BCUT2D eigenvalue weighted by Gasteiger charge is -2.11. The van der Waals surface area contributed by atoms with Gasteiger partial charge in [0.2, 0.25) is 0 Å². The highest BCUT2D eigenvalue weighted by atomic mass is 16.5. The van der Waals surface area contributed by atoms with Crippen molar-refractivity contribution in [1.29, 1.82) is 0 Å². The summed E-state index contributed by atoms with van der Waals surface area (Å²) in [6.07, 6.45) is 3.86. The largest absolute Gasteiger partial charge is 0.361 e. The van der Waals surface area contributed by atoms with Crippen molar-refractivity contribution >= 4 is 5.96 Å². The standard InChI is InChI=1S/C20H30N4O/c1-4-18-17(19(5-2)25-24-18)15-23-20(21-6-3)22-14-10-13-16-11-8-7-9-12-16/h7-9,11-12H,4-6,10,13-15H2,1-3H3,(H2,21,22,23). The van der Waals surface area contributed by atoms with Gasteiger partial charge in [-0.3, -0.25) is 0 Å². The third kappa shape index (κ3) is 5.93. The molecule has 25 heavy (non-hydrogen) atoms. The average molecular weight is 342 g/mol. The van der Waals surface area contributed by atoms with Gasteiger partial charge in [0.15, 0.2) is 5.96 Å². The quantitative estimate of drug-likeness (QED) is 0.416. The molecule has 5 nitrogen and oxygen atoms in total. The first-order chi connectivity index (χ1) is 12.3. The van der Waals surface area contributed by atoms with Gasteiger partial charge in [0.05, 0.1) is 12.2 Å². The fourth-order valence-corrected chi connectivity index (χ4v) is 2.76. The summed E-state index contributed by atoms with van der Waals surface area (Å²) in [7, 11) is 0. The van der Waals surface area contributed by atoms with Gasteiger partial charge in [-0.25, -0.2) is 4.99 Å². The summed E-state index contributed by atoms with van der Waals surface area (Å²) in [5, 5.41) is 10.9. The molecular formula is C20H30N4O. The summed E-state index contributed by atoms with van der Waals surface area (Å²) in [4.78, 5) is 4.71. The van der Waals surface area contributed by atoms with Gasteiger partial charge in [0.1, 0.15) is 5.76 Å². The molecule has 0 aliphatic carbocycles. The van der Waals surface area contributed by atoms with Gasteiger partial charge in [0.25, 0.3) is 0 Å². The van der Waals surface area contributed by atoms with Gasteiger partial charge < -0.3 is 15.2 Å². The molecule has 0 fully saturated rings. The van der Waals surface area contributed by atoms with Crippen molar-refractivity contribution in [3.63, 3.8) is 0 Å². The maximum Gasteiger partial charge on any atom is 0.191 e. The van der Waals surface area contributed by atoms with Crippen LogP contribution in [0, 0.1) is 0 Å². The minimum Gasteiger partial charge on any atom is -0.361 e. The van der Waals surface area contributed by atoms with Gasteiger partial charge in [-0.1, -0.05) is 49.3 Å². The van der Waals surface area contributed by atoms with E-state index in [2.05, 4.69) is 66.9 Å². The average Bonchev–Trinajstić information content (AvgIpc) is 3.06. The Kier molecular flexibility index (Phi) is 8.02. The summed E-state index contributed by atoms with van der Waals surface area (Å²) in [5.41, 5.74) is 3.52. The number of nitrogens with one attached hydrogen (secondary N) is 2. The van der Waals surface area contributed by atoms with Crippen LogP contribution >= 0.6 is 0 Å². The predicted molar refractivity (Wildman–Crippen MR) is 103 cm³/mol. The van der Waals surface area contributed by atoms with E-state index < -0.39 is 0 Å². The molecule has 0 amide bonds. The SMILES string of the molecule is CCNC(=NCc1c(CC)noc1CC)NCCCc1ccccc1. The number of aromatic nitrogens is 1. The Bertz CT molecular complexity index is 627. The van der Waals surface area contributed by atoms with Crippen LogP contribution in [0.2, 0.25) is 0 Å². The maximum absolute atomic E-state index is 5.42. The Morgan fingerprint density at radius 3 is 2.56 bits per heavy atom. The molecule has 1 heterocycles. The van der Waals surface area contributed by atoms with E-state index in [0.717, 1.165) is 61.7 Å². The molecule has 0 bridgehead atoms. The number of hydrogen-bond donors (Lipinski definition) is 2. The molecule has 0 aliphatic heterocycles. The van der Waals surface area contributed by atoms with Crippen LogP contribution in [-0.4, -0.2) is 24.2 Å². The van der Waals surface area contributed by atoms with Crippen molar-refractivity contribution in [1.82, 2.24) is 15.8 Å². The molecule has 1 aromatic heterocycles. The van der Waals surface area contributed by atoms with E-state index in [9.17, 15) is 0 Å². The second-order valence-electron chi connectivity index (χ2n) is 5.95. The Hall–Kier alpha value is -2.30. The molecule has 0 radical (unpaired) electrons. The third-order valence-electron chi connectivity index (χ3n) is 4.12. The summed E-state index contributed by atoms with van der Waals surface area (Å²) in [5.74, 6) is 1.79. The number of nitrogens with zero attached hydrogens (tertiary/aromatic N) is 2. The van der Waals surface area contributed by atoms with Crippen LogP contribution in [0.4, 0.5) is 0 Å². The van der Waals surface area contributed by atoms with Crippen molar-refractivity contribution in [2.24, 2.45) is 4.99 Å². The zero-order chi connectivity index (χ0) is 17.9. The summed E-state index contributed by atoms with van der Waals surface area (Å²) < 4.78 is 5.42. The molecule has 2 aromatic rings. The van der Waals surface area contributed by atoms with Gasteiger partial charge in [-0.2, -0.15) is 0 Å². The molecule has 5 heteroatoms. The summed E-state index contributed by atoms with van der Waals surface area (Å²) >= 11 is 0. The lowest BCUT2D eigenvalue weighted by molar-refractivity contribution is 0.380. The highest BCUT2D eigenvalue weighted by Crippen LogP contribution is 2.16. The van der Waals surface area contributed by atoms with Crippen molar-refractivity contribution < 1.29 is 4.52 Å².